The van der Waals surface area contributed by atoms with Crippen molar-refractivity contribution in [3.63, 3.8) is 0 Å². The summed E-state index contributed by atoms with van der Waals surface area (Å²) in [5.74, 6) is 1.03. The molecule has 0 saturated carbocycles. The van der Waals surface area contributed by atoms with E-state index >= 15 is 0 Å². The summed E-state index contributed by atoms with van der Waals surface area (Å²) in [5.41, 5.74) is 5.83. The van der Waals surface area contributed by atoms with Crippen molar-refractivity contribution in [2.45, 2.75) is 37.1 Å². The largest absolute Gasteiger partial charge is 0.326 e. The van der Waals surface area contributed by atoms with Gasteiger partial charge in [0.2, 0.25) is 0 Å². The molecule has 16 heavy (non-hydrogen) atoms. The molecule has 1 nitrogen and oxygen atoms in total. The minimum atomic E-state index is -0.0790. The number of halogens is 2. The van der Waals surface area contributed by atoms with Crippen molar-refractivity contribution < 1.29 is 0 Å². The second kappa shape index (κ2) is 6.15. The molecule has 0 amide bonds. The van der Waals surface area contributed by atoms with Gasteiger partial charge in [-0.05, 0) is 50.6 Å². The SMILES string of the molecule is CC(C)(N)CCCSc1ccc(Cl)cc1Cl. The van der Waals surface area contributed by atoms with E-state index in [2.05, 4.69) is 0 Å². The van der Waals surface area contributed by atoms with E-state index in [0.717, 1.165) is 28.5 Å². The average Bonchev–Trinajstić information content (AvgIpc) is 2.13. The molecular weight excluding hydrogens is 261 g/mol. The highest BCUT2D eigenvalue weighted by molar-refractivity contribution is 7.99. The van der Waals surface area contributed by atoms with Crippen LogP contribution in [0.1, 0.15) is 26.7 Å². The highest BCUT2D eigenvalue weighted by atomic mass is 35.5. The average molecular weight is 278 g/mol. The molecule has 0 atom stereocenters. The minimum Gasteiger partial charge on any atom is -0.326 e. The summed E-state index contributed by atoms with van der Waals surface area (Å²) in [7, 11) is 0. The first-order chi connectivity index (χ1) is 7.38. The summed E-state index contributed by atoms with van der Waals surface area (Å²) in [4.78, 5) is 1.08. The molecule has 1 aromatic rings. The van der Waals surface area contributed by atoms with Gasteiger partial charge in [0.1, 0.15) is 0 Å². The minimum absolute atomic E-state index is 0.0790. The number of thioether (sulfide) groups is 1. The van der Waals surface area contributed by atoms with Gasteiger partial charge in [-0.2, -0.15) is 0 Å². The van der Waals surface area contributed by atoms with Gasteiger partial charge >= 0.3 is 0 Å². The van der Waals surface area contributed by atoms with E-state index in [0.29, 0.717) is 5.02 Å². The molecule has 0 unspecified atom stereocenters. The molecule has 0 bridgehead atoms. The zero-order valence-corrected chi connectivity index (χ0v) is 11.9. The lowest BCUT2D eigenvalue weighted by Crippen LogP contribution is -2.31. The van der Waals surface area contributed by atoms with Gasteiger partial charge in [-0.15, -0.1) is 11.8 Å². The topological polar surface area (TPSA) is 26.0 Å². The van der Waals surface area contributed by atoms with Crippen molar-refractivity contribution in [2.24, 2.45) is 5.73 Å². The predicted octanol–water partition coefficient (Wildman–Crippen LogP) is 4.60. The lowest BCUT2D eigenvalue weighted by molar-refractivity contribution is 0.472. The predicted molar refractivity (Wildman–Crippen MR) is 74.7 cm³/mol. The highest BCUT2D eigenvalue weighted by Crippen LogP contribution is 2.30. The molecule has 0 heterocycles. The summed E-state index contributed by atoms with van der Waals surface area (Å²) in [6.45, 7) is 4.10. The van der Waals surface area contributed by atoms with Crippen LogP contribution in [0.5, 0.6) is 0 Å². The fourth-order valence-corrected chi connectivity index (χ4v) is 2.74. The number of rotatable bonds is 5. The van der Waals surface area contributed by atoms with Crippen LogP contribution in [-0.4, -0.2) is 11.3 Å². The second-order valence-electron chi connectivity index (χ2n) is 4.52. The van der Waals surface area contributed by atoms with E-state index in [1.54, 1.807) is 17.8 Å². The van der Waals surface area contributed by atoms with E-state index in [1.807, 2.05) is 26.0 Å². The molecule has 90 valence electrons. The summed E-state index contributed by atoms with van der Waals surface area (Å²) in [6.07, 6.45) is 2.11. The van der Waals surface area contributed by atoms with Gasteiger partial charge in [0.05, 0.1) is 5.02 Å². The van der Waals surface area contributed by atoms with Gasteiger partial charge in [-0.25, -0.2) is 0 Å². The monoisotopic (exact) mass is 277 g/mol. The van der Waals surface area contributed by atoms with Crippen LogP contribution >= 0.6 is 35.0 Å². The third-order valence-corrected chi connectivity index (χ3v) is 3.94. The van der Waals surface area contributed by atoms with E-state index in [1.165, 1.54) is 0 Å². The van der Waals surface area contributed by atoms with Crippen molar-refractivity contribution in [3.8, 4) is 0 Å². The molecule has 0 radical (unpaired) electrons. The van der Waals surface area contributed by atoms with E-state index in [9.17, 15) is 0 Å². The Bertz CT molecular complexity index is 347. The Hall–Kier alpha value is 0.110. The van der Waals surface area contributed by atoms with Gasteiger partial charge in [0.25, 0.3) is 0 Å². The fraction of sp³-hybridized carbons (Fsp3) is 0.500. The molecule has 0 spiro atoms. The molecule has 4 heteroatoms. The summed E-state index contributed by atoms with van der Waals surface area (Å²) < 4.78 is 0. The van der Waals surface area contributed by atoms with Gasteiger partial charge in [0.15, 0.2) is 0 Å². The van der Waals surface area contributed by atoms with Crippen LogP contribution in [0.15, 0.2) is 23.1 Å². The zero-order valence-electron chi connectivity index (χ0n) is 9.59. The zero-order chi connectivity index (χ0) is 12.2. The molecular formula is C12H17Cl2NS. The Morgan fingerprint density at radius 3 is 2.56 bits per heavy atom. The fourth-order valence-electron chi connectivity index (χ4n) is 1.30. The summed E-state index contributed by atoms with van der Waals surface area (Å²) >= 11 is 13.6. The molecule has 1 rings (SSSR count). The van der Waals surface area contributed by atoms with Gasteiger partial charge in [0, 0.05) is 15.5 Å². The molecule has 0 fully saturated rings. The standard InChI is InChI=1S/C12H17Cl2NS/c1-12(2,15)6-3-7-16-11-5-4-9(13)8-10(11)14/h4-5,8H,3,6-7,15H2,1-2H3. The first-order valence-electron chi connectivity index (χ1n) is 5.25. The van der Waals surface area contributed by atoms with Gasteiger partial charge < -0.3 is 5.73 Å². The Labute approximate surface area is 112 Å². The second-order valence-corrected chi connectivity index (χ2v) is 6.50. The van der Waals surface area contributed by atoms with Crippen molar-refractivity contribution in [3.05, 3.63) is 28.2 Å². The lowest BCUT2D eigenvalue weighted by atomic mass is 10.0. The van der Waals surface area contributed by atoms with Gasteiger partial charge in [-0.3, -0.25) is 0 Å². The number of hydrogen-bond donors (Lipinski definition) is 1. The van der Waals surface area contributed by atoms with Crippen molar-refractivity contribution >= 4 is 35.0 Å². The van der Waals surface area contributed by atoms with Crippen molar-refractivity contribution in [2.75, 3.05) is 5.75 Å². The van der Waals surface area contributed by atoms with Crippen molar-refractivity contribution in [1.29, 1.82) is 0 Å². The van der Waals surface area contributed by atoms with Crippen LogP contribution in [0.2, 0.25) is 10.0 Å². The quantitative estimate of drug-likeness (QED) is 0.629. The third kappa shape index (κ3) is 5.44. The van der Waals surface area contributed by atoms with Crippen molar-refractivity contribution in [1.82, 2.24) is 0 Å². The van der Waals surface area contributed by atoms with E-state index < -0.39 is 0 Å². The number of hydrogen-bond acceptors (Lipinski definition) is 2. The number of nitrogens with two attached hydrogens (primary N) is 1. The maximum absolute atomic E-state index is 6.07. The molecule has 0 saturated heterocycles. The van der Waals surface area contributed by atoms with Crippen LogP contribution in [0.25, 0.3) is 0 Å². The van der Waals surface area contributed by atoms with Crippen LogP contribution in [-0.2, 0) is 0 Å². The molecule has 0 aliphatic rings. The lowest BCUT2D eigenvalue weighted by Gasteiger charge is -2.17. The Kier molecular flexibility index (Phi) is 5.45. The van der Waals surface area contributed by atoms with Crippen LogP contribution in [0, 0.1) is 0 Å². The Balaban J connectivity index is 2.38. The molecule has 0 aliphatic heterocycles. The maximum atomic E-state index is 6.07. The third-order valence-electron chi connectivity index (χ3n) is 2.12. The normalized spacial score (nSPS) is 11.8. The number of benzene rings is 1. The molecule has 0 aromatic heterocycles. The molecule has 0 aliphatic carbocycles. The first-order valence-corrected chi connectivity index (χ1v) is 6.99. The van der Waals surface area contributed by atoms with Crippen LogP contribution in [0.4, 0.5) is 0 Å². The van der Waals surface area contributed by atoms with Gasteiger partial charge in [-0.1, -0.05) is 23.2 Å². The van der Waals surface area contributed by atoms with Crippen LogP contribution < -0.4 is 5.73 Å². The first kappa shape index (κ1) is 14.2. The smallest absolute Gasteiger partial charge is 0.0556 e. The molecule has 1 aromatic carbocycles. The maximum Gasteiger partial charge on any atom is 0.0556 e. The summed E-state index contributed by atoms with van der Waals surface area (Å²) in [5, 5.41) is 1.40. The van der Waals surface area contributed by atoms with E-state index in [-0.39, 0.29) is 5.54 Å². The molecule has 2 N–H and O–H groups in total. The van der Waals surface area contributed by atoms with Crippen LogP contribution in [0.3, 0.4) is 0 Å². The summed E-state index contributed by atoms with van der Waals surface area (Å²) in [6, 6.07) is 5.60. The van der Waals surface area contributed by atoms with E-state index in [4.69, 9.17) is 28.9 Å². The Morgan fingerprint density at radius 2 is 2.00 bits per heavy atom. The highest BCUT2D eigenvalue weighted by Gasteiger charge is 2.10. The Morgan fingerprint density at radius 1 is 1.31 bits per heavy atom.